The monoisotopic (exact) mass is 348 g/mol. The Bertz CT molecular complexity index is 913. The van der Waals surface area contributed by atoms with Crippen molar-refractivity contribution in [3.8, 4) is 11.5 Å². The highest BCUT2D eigenvalue weighted by molar-refractivity contribution is 7.86. The van der Waals surface area contributed by atoms with Crippen LogP contribution in [0.1, 0.15) is 25.0 Å². The molecule has 3 rings (SSSR count). The van der Waals surface area contributed by atoms with Crippen LogP contribution in [0.15, 0.2) is 48.5 Å². The Labute approximate surface area is 140 Å². The van der Waals surface area contributed by atoms with Crippen LogP contribution in [0, 0.1) is 5.82 Å². The van der Waals surface area contributed by atoms with Gasteiger partial charge in [-0.15, -0.1) is 0 Å². The van der Waals surface area contributed by atoms with E-state index in [0.717, 1.165) is 23.0 Å². The van der Waals surface area contributed by atoms with E-state index in [0.29, 0.717) is 5.75 Å². The summed E-state index contributed by atoms with van der Waals surface area (Å²) in [5.74, 6) is 0.401. The van der Waals surface area contributed by atoms with Crippen molar-refractivity contribution in [2.75, 3.05) is 6.26 Å². The second-order valence-electron chi connectivity index (χ2n) is 6.22. The quantitative estimate of drug-likeness (QED) is 0.793. The molecule has 0 N–H and O–H groups in total. The van der Waals surface area contributed by atoms with E-state index in [2.05, 4.69) is 0 Å². The molecule has 1 heterocycles. The number of hydrogen-bond acceptors (Lipinski definition) is 4. The standard InChI is InChI=1S/C18H17FO4S/c1-18(2)11-16(12-4-6-13(19)7-5-12)15-9-8-14(10-17(15)22-18)23-24(3,20)21/h4-11H,1-3H3. The highest BCUT2D eigenvalue weighted by Gasteiger charge is 2.28. The maximum atomic E-state index is 13.2. The third kappa shape index (κ3) is 3.59. The van der Waals surface area contributed by atoms with Gasteiger partial charge in [-0.05, 0) is 55.3 Å². The summed E-state index contributed by atoms with van der Waals surface area (Å²) in [6.07, 6.45) is 2.95. The third-order valence-corrected chi connectivity index (χ3v) is 4.01. The van der Waals surface area contributed by atoms with Crippen molar-refractivity contribution in [1.82, 2.24) is 0 Å². The number of rotatable bonds is 3. The highest BCUT2D eigenvalue weighted by Crippen LogP contribution is 2.41. The fourth-order valence-corrected chi connectivity index (χ4v) is 3.10. The average molecular weight is 348 g/mol. The minimum absolute atomic E-state index is 0.187. The van der Waals surface area contributed by atoms with Gasteiger partial charge in [0.25, 0.3) is 0 Å². The lowest BCUT2D eigenvalue weighted by atomic mass is 9.90. The van der Waals surface area contributed by atoms with Crippen LogP contribution in [0.4, 0.5) is 4.39 Å². The third-order valence-electron chi connectivity index (χ3n) is 3.51. The van der Waals surface area contributed by atoms with E-state index in [4.69, 9.17) is 8.92 Å². The van der Waals surface area contributed by atoms with Crippen molar-refractivity contribution in [1.29, 1.82) is 0 Å². The van der Waals surface area contributed by atoms with Gasteiger partial charge >= 0.3 is 10.1 Å². The number of hydrogen-bond donors (Lipinski definition) is 0. The van der Waals surface area contributed by atoms with Gasteiger partial charge in [-0.2, -0.15) is 8.42 Å². The van der Waals surface area contributed by atoms with Gasteiger partial charge in [0.05, 0.1) is 6.26 Å². The summed E-state index contributed by atoms with van der Waals surface area (Å²) in [4.78, 5) is 0. The number of ether oxygens (including phenoxy) is 1. The molecule has 2 aromatic carbocycles. The summed E-state index contributed by atoms with van der Waals surface area (Å²) in [7, 11) is -3.61. The molecule has 126 valence electrons. The molecule has 0 saturated carbocycles. The van der Waals surface area contributed by atoms with Gasteiger partial charge in [0.1, 0.15) is 22.9 Å². The van der Waals surface area contributed by atoms with Gasteiger partial charge in [0.2, 0.25) is 0 Å². The zero-order chi connectivity index (χ0) is 17.5. The molecule has 0 aliphatic carbocycles. The molecule has 0 amide bonds. The number of halogens is 1. The van der Waals surface area contributed by atoms with Gasteiger partial charge in [0, 0.05) is 11.6 Å². The molecule has 4 nitrogen and oxygen atoms in total. The lowest BCUT2D eigenvalue weighted by molar-refractivity contribution is 0.158. The lowest BCUT2D eigenvalue weighted by Gasteiger charge is -2.31. The zero-order valence-corrected chi connectivity index (χ0v) is 14.4. The van der Waals surface area contributed by atoms with Gasteiger partial charge in [-0.25, -0.2) is 4.39 Å². The van der Waals surface area contributed by atoms with Crippen molar-refractivity contribution in [2.45, 2.75) is 19.4 Å². The van der Waals surface area contributed by atoms with E-state index in [1.54, 1.807) is 30.3 Å². The molecular formula is C18H17FO4S. The molecule has 0 spiro atoms. The first-order chi connectivity index (χ1) is 11.1. The summed E-state index contributed by atoms with van der Waals surface area (Å²) in [5, 5.41) is 0. The Kier molecular flexibility index (Phi) is 3.87. The number of benzene rings is 2. The van der Waals surface area contributed by atoms with E-state index >= 15 is 0 Å². The number of fused-ring (bicyclic) bond motifs is 1. The van der Waals surface area contributed by atoms with E-state index in [9.17, 15) is 12.8 Å². The van der Waals surface area contributed by atoms with E-state index in [-0.39, 0.29) is 11.6 Å². The van der Waals surface area contributed by atoms with Crippen molar-refractivity contribution in [3.05, 3.63) is 65.5 Å². The first kappa shape index (κ1) is 16.5. The van der Waals surface area contributed by atoms with Crippen LogP contribution in [0.5, 0.6) is 11.5 Å². The molecular weight excluding hydrogens is 331 g/mol. The molecule has 0 fully saturated rings. The Morgan fingerprint density at radius 1 is 1.08 bits per heavy atom. The molecule has 6 heteroatoms. The Morgan fingerprint density at radius 2 is 1.75 bits per heavy atom. The van der Waals surface area contributed by atoms with Crippen LogP contribution in [0.3, 0.4) is 0 Å². The summed E-state index contributed by atoms with van der Waals surface area (Å²) in [6, 6.07) is 11.1. The molecule has 24 heavy (non-hydrogen) atoms. The Morgan fingerprint density at radius 3 is 2.38 bits per heavy atom. The first-order valence-electron chi connectivity index (χ1n) is 7.35. The predicted octanol–water partition coefficient (Wildman–Crippen LogP) is 3.77. The minimum Gasteiger partial charge on any atom is -0.483 e. The maximum absolute atomic E-state index is 13.2. The van der Waals surface area contributed by atoms with Crippen LogP contribution >= 0.6 is 0 Å². The predicted molar refractivity (Wildman–Crippen MR) is 90.1 cm³/mol. The van der Waals surface area contributed by atoms with Crippen LogP contribution < -0.4 is 8.92 Å². The average Bonchev–Trinajstić information content (AvgIpc) is 2.44. The van der Waals surface area contributed by atoms with Gasteiger partial charge < -0.3 is 8.92 Å². The molecule has 0 bridgehead atoms. The van der Waals surface area contributed by atoms with Gasteiger partial charge in [-0.1, -0.05) is 12.1 Å². The lowest BCUT2D eigenvalue weighted by Crippen LogP contribution is -2.29. The SMILES string of the molecule is CC1(C)C=C(c2ccc(F)cc2)c2ccc(OS(C)(=O)=O)cc2O1. The van der Waals surface area contributed by atoms with Crippen molar-refractivity contribution >= 4 is 15.7 Å². The van der Waals surface area contributed by atoms with Gasteiger partial charge in [0.15, 0.2) is 0 Å². The molecule has 2 aromatic rings. The van der Waals surface area contributed by atoms with E-state index in [1.807, 2.05) is 19.9 Å². The molecule has 0 aromatic heterocycles. The van der Waals surface area contributed by atoms with Crippen LogP contribution in [-0.2, 0) is 10.1 Å². The molecule has 1 aliphatic rings. The molecule has 0 unspecified atom stereocenters. The topological polar surface area (TPSA) is 52.6 Å². The van der Waals surface area contributed by atoms with Gasteiger partial charge in [-0.3, -0.25) is 0 Å². The zero-order valence-electron chi connectivity index (χ0n) is 13.5. The summed E-state index contributed by atoms with van der Waals surface area (Å²) in [5.41, 5.74) is 1.94. The summed E-state index contributed by atoms with van der Waals surface area (Å²) in [6.45, 7) is 3.78. The van der Waals surface area contributed by atoms with Crippen LogP contribution in [-0.4, -0.2) is 20.3 Å². The van der Waals surface area contributed by atoms with E-state index in [1.165, 1.54) is 12.1 Å². The fraction of sp³-hybridized carbons (Fsp3) is 0.222. The first-order valence-corrected chi connectivity index (χ1v) is 9.16. The van der Waals surface area contributed by atoms with E-state index < -0.39 is 15.7 Å². The fourth-order valence-electron chi connectivity index (χ4n) is 2.64. The second-order valence-corrected chi connectivity index (χ2v) is 7.79. The molecule has 1 aliphatic heterocycles. The molecule has 0 atom stereocenters. The Balaban J connectivity index is 2.09. The smallest absolute Gasteiger partial charge is 0.306 e. The maximum Gasteiger partial charge on any atom is 0.306 e. The molecule has 0 saturated heterocycles. The molecule has 0 radical (unpaired) electrons. The Hall–Kier alpha value is -2.34. The minimum atomic E-state index is -3.61. The summed E-state index contributed by atoms with van der Waals surface area (Å²) < 4.78 is 46.6. The van der Waals surface area contributed by atoms with Crippen LogP contribution in [0.2, 0.25) is 0 Å². The second kappa shape index (κ2) is 5.63. The highest BCUT2D eigenvalue weighted by atomic mass is 32.2. The summed E-state index contributed by atoms with van der Waals surface area (Å²) >= 11 is 0. The van der Waals surface area contributed by atoms with Crippen LogP contribution in [0.25, 0.3) is 5.57 Å². The van der Waals surface area contributed by atoms with Crippen molar-refractivity contribution in [3.63, 3.8) is 0 Å². The van der Waals surface area contributed by atoms with Crippen molar-refractivity contribution in [2.24, 2.45) is 0 Å². The van der Waals surface area contributed by atoms with Crippen molar-refractivity contribution < 1.29 is 21.7 Å². The largest absolute Gasteiger partial charge is 0.483 e. The normalized spacial score (nSPS) is 15.9.